The highest BCUT2D eigenvalue weighted by Gasteiger charge is 2.42. The second-order valence-electron chi connectivity index (χ2n) is 4.75. The first kappa shape index (κ1) is 15.4. The van der Waals surface area contributed by atoms with Gasteiger partial charge in [-0.1, -0.05) is 11.6 Å². The van der Waals surface area contributed by atoms with Crippen LogP contribution in [0.4, 0.5) is 5.69 Å². The molecule has 0 saturated heterocycles. The lowest BCUT2D eigenvalue weighted by atomic mass is 9.85. The van der Waals surface area contributed by atoms with Crippen molar-refractivity contribution in [3.63, 3.8) is 0 Å². The Balaban J connectivity index is 2.04. The van der Waals surface area contributed by atoms with Crippen molar-refractivity contribution in [3.8, 4) is 5.75 Å². The zero-order valence-corrected chi connectivity index (χ0v) is 12.9. The van der Waals surface area contributed by atoms with Crippen LogP contribution in [0.5, 0.6) is 5.75 Å². The van der Waals surface area contributed by atoms with Gasteiger partial charge in [-0.2, -0.15) is 0 Å². The van der Waals surface area contributed by atoms with Gasteiger partial charge in [0.1, 0.15) is 11.9 Å². The molecule has 1 aliphatic rings. The molecule has 0 radical (unpaired) electrons. The molecule has 3 unspecified atom stereocenters. The summed E-state index contributed by atoms with van der Waals surface area (Å²) in [5.41, 5.74) is 0.904. The average Bonchev–Trinajstić information content (AvgIpc) is 2.41. The van der Waals surface area contributed by atoms with Crippen molar-refractivity contribution >= 4 is 17.3 Å². The third-order valence-corrected chi connectivity index (χ3v) is 3.72. The first-order valence-corrected chi connectivity index (χ1v) is 7.40. The molecule has 0 heterocycles. The molecule has 0 aliphatic heterocycles. The Hall–Kier alpha value is -0.970. The first-order chi connectivity index (χ1) is 9.69. The fourth-order valence-electron chi connectivity index (χ4n) is 2.51. The van der Waals surface area contributed by atoms with Crippen molar-refractivity contribution in [3.05, 3.63) is 23.2 Å². The smallest absolute Gasteiger partial charge is 0.142 e. The van der Waals surface area contributed by atoms with E-state index in [9.17, 15) is 0 Å². The van der Waals surface area contributed by atoms with E-state index < -0.39 is 0 Å². The van der Waals surface area contributed by atoms with Crippen LogP contribution in [0.3, 0.4) is 0 Å². The van der Waals surface area contributed by atoms with Gasteiger partial charge in [0.05, 0.1) is 24.4 Å². The van der Waals surface area contributed by atoms with Crippen molar-refractivity contribution in [2.75, 3.05) is 25.6 Å². The molecule has 112 valence electrons. The number of rotatable bonds is 7. The van der Waals surface area contributed by atoms with E-state index in [1.807, 2.05) is 32.0 Å². The van der Waals surface area contributed by atoms with Crippen LogP contribution in [0.25, 0.3) is 0 Å². The molecule has 0 aromatic heterocycles. The van der Waals surface area contributed by atoms with E-state index in [-0.39, 0.29) is 18.2 Å². The topological polar surface area (TPSA) is 39.7 Å². The minimum Gasteiger partial charge on any atom is -0.492 e. The molecule has 1 N–H and O–H groups in total. The second-order valence-corrected chi connectivity index (χ2v) is 5.19. The second kappa shape index (κ2) is 7.16. The minimum absolute atomic E-state index is 0.0587. The zero-order valence-electron chi connectivity index (χ0n) is 12.2. The molecule has 0 bridgehead atoms. The molecule has 4 nitrogen and oxygen atoms in total. The van der Waals surface area contributed by atoms with Gasteiger partial charge in [0.25, 0.3) is 0 Å². The lowest BCUT2D eigenvalue weighted by molar-refractivity contribution is -0.118. The fraction of sp³-hybridized carbons (Fsp3) is 0.600. The predicted octanol–water partition coefficient (Wildman–Crippen LogP) is 3.34. The van der Waals surface area contributed by atoms with Gasteiger partial charge in [-0.3, -0.25) is 0 Å². The molecule has 1 saturated carbocycles. The Morgan fingerprint density at radius 2 is 2.10 bits per heavy atom. The molecular formula is C15H22ClNO3. The molecule has 0 spiro atoms. The molecule has 1 aromatic carbocycles. The normalized spacial score (nSPS) is 25.1. The summed E-state index contributed by atoms with van der Waals surface area (Å²) in [6.07, 6.45) is 1.14. The molecular weight excluding hydrogens is 278 g/mol. The number of methoxy groups -OCH3 is 1. The maximum Gasteiger partial charge on any atom is 0.142 e. The average molecular weight is 300 g/mol. The van der Waals surface area contributed by atoms with E-state index in [4.69, 9.17) is 25.8 Å². The number of halogens is 1. The van der Waals surface area contributed by atoms with Gasteiger partial charge in [0, 0.05) is 18.7 Å². The largest absolute Gasteiger partial charge is 0.492 e. The Bertz CT molecular complexity index is 441. The van der Waals surface area contributed by atoms with E-state index in [0.717, 1.165) is 17.9 Å². The van der Waals surface area contributed by atoms with Crippen molar-refractivity contribution in [2.24, 2.45) is 0 Å². The van der Waals surface area contributed by atoms with E-state index in [1.165, 1.54) is 0 Å². The van der Waals surface area contributed by atoms with Gasteiger partial charge in [0.2, 0.25) is 0 Å². The highest BCUT2D eigenvalue weighted by Crippen LogP contribution is 2.34. The zero-order chi connectivity index (χ0) is 14.5. The molecule has 0 amide bonds. The van der Waals surface area contributed by atoms with Crippen LogP contribution in [-0.2, 0) is 9.47 Å². The quantitative estimate of drug-likeness (QED) is 0.838. The molecule has 1 fully saturated rings. The van der Waals surface area contributed by atoms with Crippen LogP contribution < -0.4 is 10.1 Å². The molecule has 5 heteroatoms. The van der Waals surface area contributed by atoms with E-state index in [0.29, 0.717) is 18.2 Å². The summed E-state index contributed by atoms with van der Waals surface area (Å²) in [7, 11) is 1.71. The van der Waals surface area contributed by atoms with E-state index in [2.05, 4.69) is 5.32 Å². The van der Waals surface area contributed by atoms with Crippen molar-refractivity contribution in [1.82, 2.24) is 0 Å². The van der Waals surface area contributed by atoms with Crippen LogP contribution in [0.2, 0.25) is 5.02 Å². The number of nitrogens with one attached hydrogen (secondary N) is 1. The maximum absolute atomic E-state index is 6.06. The Labute approximate surface area is 125 Å². The van der Waals surface area contributed by atoms with Gasteiger partial charge in [-0.15, -0.1) is 0 Å². The third kappa shape index (κ3) is 3.37. The first-order valence-electron chi connectivity index (χ1n) is 7.02. The monoisotopic (exact) mass is 299 g/mol. The predicted molar refractivity (Wildman–Crippen MR) is 80.9 cm³/mol. The Kier molecular flexibility index (Phi) is 5.52. The summed E-state index contributed by atoms with van der Waals surface area (Å²) in [5.74, 6) is 0.812. The number of hydrogen-bond acceptors (Lipinski definition) is 4. The highest BCUT2D eigenvalue weighted by atomic mass is 35.5. The minimum atomic E-state index is 0.0587. The van der Waals surface area contributed by atoms with Crippen LogP contribution in [0.15, 0.2) is 18.2 Å². The summed E-state index contributed by atoms with van der Waals surface area (Å²) >= 11 is 6.06. The number of ether oxygens (including phenoxy) is 3. The molecule has 20 heavy (non-hydrogen) atoms. The lowest BCUT2D eigenvalue weighted by Gasteiger charge is -2.43. The van der Waals surface area contributed by atoms with Crippen molar-refractivity contribution < 1.29 is 14.2 Å². The SMILES string of the molecule is CCOc1ccc(Cl)cc1NC1CC(OCC)C1OC. The van der Waals surface area contributed by atoms with Crippen LogP contribution in [-0.4, -0.2) is 38.6 Å². The lowest BCUT2D eigenvalue weighted by Crippen LogP contribution is -2.56. The van der Waals surface area contributed by atoms with Gasteiger partial charge in [-0.05, 0) is 38.5 Å². The fourth-order valence-corrected chi connectivity index (χ4v) is 2.68. The molecule has 1 aromatic rings. The van der Waals surface area contributed by atoms with Gasteiger partial charge in [0.15, 0.2) is 0 Å². The summed E-state index contributed by atoms with van der Waals surface area (Å²) in [5, 5.41) is 4.13. The van der Waals surface area contributed by atoms with Gasteiger partial charge in [-0.25, -0.2) is 0 Å². The highest BCUT2D eigenvalue weighted by molar-refractivity contribution is 6.30. The van der Waals surface area contributed by atoms with Crippen LogP contribution >= 0.6 is 11.6 Å². The number of hydrogen-bond donors (Lipinski definition) is 1. The summed E-state index contributed by atoms with van der Waals surface area (Å²) < 4.78 is 16.7. The Morgan fingerprint density at radius 1 is 1.30 bits per heavy atom. The molecule has 2 rings (SSSR count). The Morgan fingerprint density at radius 3 is 2.75 bits per heavy atom. The standard InChI is InChI=1S/C15H22ClNO3/c1-4-19-13-7-6-10(16)8-11(13)17-12-9-14(20-5-2)15(12)18-3/h6-8,12,14-15,17H,4-5,9H2,1-3H3. The molecule has 3 atom stereocenters. The summed E-state index contributed by atoms with van der Waals surface area (Å²) in [6.45, 7) is 5.29. The number of benzene rings is 1. The third-order valence-electron chi connectivity index (χ3n) is 3.48. The summed E-state index contributed by atoms with van der Waals surface area (Å²) in [6, 6.07) is 5.81. The van der Waals surface area contributed by atoms with E-state index in [1.54, 1.807) is 7.11 Å². The van der Waals surface area contributed by atoms with E-state index >= 15 is 0 Å². The van der Waals surface area contributed by atoms with Gasteiger partial charge >= 0.3 is 0 Å². The maximum atomic E-state index is 6.06. The number of anilines is 1. The van der Waals surface area contributed by atoms with Crippen LogP contribution in [0.1, 0.15) is 20.3 Å². The summed E-state index contributed by atoms with van der Waals surface area (Å²) in [4.78, 5) is 0. The molecule has 1 aliphatic carbocycles. The van der Waals surface area contributed by atoms with Gasteiger partial charge < -0.3 is 19.5 Å². The van der Waals surface area contributed by atoms with Crippen LogP contribution in [0, 0.1) is 0 Å². The van der Waals surface area contributed by atoms with Crippen molar-refractivity contribution in [1.29, 1.82) is 0 Å². The van der Waals surface area contributed by atoms with Crippen molar-refractivity contribution in [2.45, 2.75) is 38.5 Å².